The zero-order valence-electron chi connectivity index (χ0n) is 15.1. The molecule has 0 aliphatic heterocycles. The number of nitrogens with zero attached hydrogens (tertiary/aromatic N) is 2. The molecule has 1 saturated carbocycles. The lowest BCUT2D eigenvalue weighted by molar-refractivity contribution is 0.190. The highest BCUT2D eigenvalue weighted by atomic mass is 127. The zero-order valence-corrected chi connectivity index (χ0v) is 17.4. The summed E-state index contributed by atoms with van der Waals surface area (Å²) >= 11 is 0. The molecule has 2 N–H and O–H groups in total. The lowest BCUT2D eigenvalue weighted by atomic mass is 9.94. The van der Waals surface area contributed by atoms with Gasteiger partial charge in [0.05, 0.1) is 6.26 Å². The van der Waals surface area contributed by atoms with E-state index in [9.17, 15) is 0 Å². The fourth-order valence-corrected chi connectivity index (χ4v) is 3.22. The molecule has 6 heteroatoms. The monoisotopic (exact) mass is 448 g/mol. The molecular formula is C18H33IN4O. The number of hydrogen-bond donors (Lipinski definition) is 2. The van der Waals surface area contributed by atoms with Crippen LogP contribution in [0, 0.1) is 0 Å². The second-order valence-corrected chi connectivity index (χ2v) is 6.38. The third-order valence-electron chi connectivity index (χ3n) is 4.65. The molecule has 0 amide bonds. The van der Waals surface area contributed by atoms with Crippen LogP contribution in [0.1, 0.15) is 44.3 Å². The molecule has 0 aromatic carbocycles. The predicted octanol–water partition coefficient (Wildman–Crippen LogP) is 3.26. The van der Waals surface area contributed by atoms with E-state index in [1.54, 1.807) is 6.26 Å². The summed E-state index contributed by atoms with van der Waals surface area (Å²) < 4.78 is 5.33. The Morgan fingerprint density at radius 3 is 2.67 bits per heavy atom. The highest BCUT2D eigenvalue weighted by molar-refractivity contribution is 14.0. The summed E-state index contributed by atoms with van der Waals surface area (Å²) in [7, 11) is 4.09. The first-order valence-electron chi connectivity index (χ1n) is 8.96. The molecule has 24 heavy (non-hydrogen) atoms. The number of aliphatic imine (C=N–C) groups is 1. The van der Waals surface area contributed by atoms with Gasteiger partial charge in [0.15, 0.2) is 5.96 Å². The topological polar surface area (TPSA) is 52.8 Å². The molecule has 0 saturated heterocycles. The molecule has 0 radical (unpaired) electrons. The van der Waals surface area contributed by atoms with E-state index in [1.807, 2.05) is 19.2 Å². The minimum Gasteiger partial charge on any atom is -0.469 e. The molecular weight excluding hydrogens is 415 g/mol. The Labute approximate surface area is 163 Å². The molecule has 138 valence electrons. The van der Waals surface area contributed by atoms with Crippen LogP contribution in [0.2, 0.25) is 0 Å². The average Bonchev–Trinajstić information content (AvgIpc) is 3.11. The molecule has 2 rings (SSSR count). The van der Waals surface area contributed by atoms with E-state index in [2.05, 4.69) is 27.6 Å². The Morgan fingerprint density at radius 2 is 2.00 bits per heavy atom. The first kappa shape index (κ1) is 21.3. The van der Waals surface area contributed by atoms with Crippen molar-refractivity contribution in [2.45, 2.75) is 51.0 Å². The van der Waals surface area contributed by atoms with E-state index >= 15 is 0 Å². The van der Waals surface area contributed by atoms with Crippen molar-refractivity contribution in [1.82, 2.24) is 15.5 Å². The van der Waals surface area contributed by atoms with Crippen LogP contribution in [-0.2, 0) is 6.42 Å². The number of furan rings is 1. The number of guanidine groups is 1. The van der Waals surface area contributed by atoms with Gasteiger partial charge in [-0.05, 0) is 45.0 Å². The van der Waals surface area contributed by atoms with Crippen molar-refractivity contribution >= 4 is 29.9 Å². The minimum atomic E-state index is 0. The lowest BCUT2D eigenvalue weighted by Gasteiger charge is -2.31. The quantitative estimate of drug-likeness (QED) is 0.278. The van der Waals surface area contributed by atoms with Crippen molar-refractivity contribution < 1.29 is 4.42 Å². The maximum Gasteiger partial charge on any atom is 0.190 e. The zero-order chi connectivity index (χ0) is 16.3. The van der Waals surface area contributed by atoms with E-state index in [0.717, 1.165) is 50.2 Å². The van der Waals surface area contributed by atoms with Crippen LogP contribution in [0.15, 0.2) is 27.8 Å². The van der Waals surface area contributed by atoms with Gasteiger partial charge < -0.3 is 20.0 Å². The van der Waals surface area contributed by atoms with Crippen molar-refractivity contribution in [1.29, 1.82) is 0 Å². The van der Waals surface area contributed by atoms with E-state index in [0.29, 0.717) is 0 Å². The van der Waals surface area contributed by atoms with Crippen molar-refractivity contribution in [2.75, 3.05) is 33.7 Å². The van der Waals surface area contributed by atoms with Crippen LogP contribution in [-0.4, -0.2) is 50.6 Å². The maximum absolute atomic E-state index is 5.33. The predicted molar refractivity (Wildman–Crippen MR) is 111 cm³/mol. The molecule has 1 aliphatic rings. The Hall–Kier alpha value is -0.760. The van der Waals surface area contributed by atoms with Crippen LogP contribution >= 0.6 is 24.0 Å². The van der Waals surface area contributed by atoms with E-state index < -0.39 is 0 Å². The first-order chi connectivity index (χ1) is 11.3. The largest absolute Gasteiger partial charge is 0.469 e. The standard InChI is InChI=1S/C18H32N4O.HI/c1-19-18(21-13-11-17-10-6-15-23-17)20-12-7-14-22(2)16-8-4-3-5-9-16;/h6,10,15-16H,3-5,7-9,11-14H2,1-2H3,(H2,19,20,21);1H. The van der Waals surface area contributed by atoms with Crippen LogP contribution < -0.4 is 10.6 Å². The van der Waals surface area contributed by atoms with E-state index in [1.165, 1.54) is 32.1 Å². The number of hydrogen-bond acceptors (Lipinski definition) is 3. The highest BCUT2D eigenvalue weighted by Crippen LogP contribution is 2.21. The second kappa shape index (κ2) is 12.6. The summed E-state index contributed by atoms with van der Waals surface area (Å²) in [6.45, 7) is 2.94. The second-order valence-electron chi connectivity index (χ2n) is 6.38. The van der Waals surface area contributed by atoms with Crippen molar-refractivity contribution in [2.24, 2.45) is 4.99 Å². The lowest BCUT2D eigenvalue weighted by Crippen LogP contribution is -2.40. The fourth-order valence-electron chi connectivity index (χ4n) is 3.22. The third-order valence-corrected chi connectivity index (χ3v) is 4.65. The number of nitrogens with one attached hydrogen (secondary N) is 2. The molecule has 0 spiro atoms. The van der Waals surface area contributed by atoms with Crippen molar-refractivity contribution in [3.8, 4) is 0 Å². The van der Waals surface area contributed by atoms with Crippen LogP contribution in [0.4, 0.5) is 0 Å². The van der Waals surface area contributed by atoms with Gasteiger partial charge in [-0.15, -0.1) is 24.0 Å². The molecule has 1 fully saturated rings. The molecule has 0 atom stereocenters. The summed E-state index contributed by atoms with van der Waals surface area (Å²) in [5.41, 5.74) is 0. The normalized spacial score (nSPS) is 16.0. The van der Waals surface area contributed by atoms with Gasteiger partial charge in [-0.1, -0.05) is 19.3 Å². The van der Waals surface area contributed by atoms with Crippen molar-refractivity contribution in [3.63, 3.8) is 0 Å². The summed E-state index contributed by atoms with van der Waals surface area (Å²) in [5, 5.41) is 6.71. The molecule has 1 heterocycles. The Balaban J connectivity index is 0.00000288. The molecule has 0 unspecified atom stereocenters. The highest BCUT2D eigenvalue weighted by Gasteiger charge is 2.17. The van der Waals surface area contributed by atoms with Gasteiger partial charge >= 0.3 is 0 Å². The van der Waals surface area contributed by atoms with Gasteiger partial charge in [0.2, 0.25) is 0 Å². The van der Waals surface area contributed by atoms with Crippen LogP contribution in [0.3, 0.4) is 0 Å². The van der Waals surface area contributed by atoms with Crippen LogP contribution in [0.25, 0.3) is 0 Å². The molecule has 1 aromatic rings. The van der Waals surface area contributed by atoms with Gasteiger partial charge in [0, 0.05) is 32.6 Å². The molecule has 0 bridgehead atoms. The third kappa shape index (κ3) is 7.88. The van der Waals surface area contributed by atoms with Crippen molar-refractivity contribution in [3.05, 3.63) is 24.2 Å². The first-order valence-corrected chi connectivity index (χ1v) is 8.96. The van der Waals surface area contributed by atoms with Gasteiger partial charge in [0.25, 0.3) is 0 Å². The summed E-state index contributed by atoms with van der Waals surface area (Å²) in [6.07, 6.45) is 10.7. The van der Waals surface area contributed by atoms with Gasteiger partial charge in [-0.3, -0.25) is 4.99 Å². The SMILES string of the molecule is CN=C(NCCCN(C)C1CCCCC1)NCCc1ccco1.I. The van der Waals surface area contributed by atoms with Gasteiger partial charge in [-0.25, -0.2) is 0 Å². The van der Waals surface area contributed by atoms with Gasteiger partial charge in [-0.2, -0.15) is 0 Å². The molecule has 1 aliphatic carbocycles. The van der Waals surface area contributed by atoms with Gasteiger partial charge in [0.1, 0.15) is 5.76 Å². The smallest absolute Gasteiger partial charge is 0.190 e. The average molecular weight is 448 g/mol. The molecule has 1 aromatic heterocycles. The summed E-state index contributed by atoms with van der Waals surface area (Å²) in [6, 6.07) is 4.72. The fraction of sp³-hybridized carbons (Fsp3) is 0.722. The Kier molecular flexibility index (Phi) is 11.2. The maximum atomic E-state index is 5.33. The summed E-state index contributed by atoms with van der Waals surface area (Å²) in [4.78, 5) is 6.80. The van der Waals surface area contributed by atoms with Crippen LogP contribution in [0.5, 0.6) is 0 Å². The Bertz CT molecular complexity index is 444. The molecule has 5 nitrogen and oxygen atoms in total. The Morgan fingerprint density at radius 1 is 1.25 bits per heavy atom. The van der Waals surface area contributed by atoms with E-state index in [-0.39, 0.29) is 24.0 Å². The van der Waals surface area contributed by atoms with E-state index in [4.69, 9.17) is 4.42 Å². The minimum absolute atomic E-state index is 0. The number of halogens is 1. The summed E-state index contributed by atoms with van der Waals surface area (Å²) in [5.74, 6) is 1.87. The number of rotatable bonds is 8.